The number of anilines is 5. The Bertz CT molecular complexity index is 7210. The summed E-state index contributed by atoms with van der Waals surface area (Å²) in [4.78, 5) is 135. The first kappa shape index (κ1) is 97.8. The van der Waals surface area contributed by atoms with Gasteiger partial charge in [0.15, 0.2) is 0 Å². The summed E-state index contributed by atoms with van der Waals surface area (Å²) in [7, 11) is 14.3. The van der Waals surface area contributed by atoms with Gasteiger partial charge in [0.1, 0.15) is 53.2 Å². The summed E-state index contributed by atoms with van der Waals surface area (Å²) in [5.41, 5.74) is 15.1. The number of fused-ring (bicyclic) bond motifs is 10. The molecule has 14 aromatic rings. The lowest BCUT2D eigenvalue weighted by Gasteiger charge is -2.26. The minimum atomic E-state index is -0.0293. The zero-order chi connectivity index (χ0) is 96.8. The summed E-state index contributed by atoms with van der Waals surface area (Å²) < 4.78 is 21.8. The fourth-order valence-electron chi connectivity index (χ4n) is 17.9. The number of aromatic nitrogens is 14. The first-order chi connectivity index (χ1) is 66.0. The lowest BCUT2D eigenvalue weighted by atomic mass is 10.1. The van der Waals surface area contributed by atoms with Crippen molar-refractivity contribution in [1.29, 1.82) is 0 Å². The minimum Gasteiger partial charge on any atom is -0.476 e. The zero-order valence-electron chi connectivity index (χ0n) is 81.8. The number of nitrogens with zero attached hydrogens (tertiary/aromatic N) is 20. The van der Waals surface area contributed by atoms with Crippen LogP contribution in [0.15, 0.2) is 159 Å². The predicted molar refractivity (Wildman–Crippen MR) is 550 cm³/mol. The first-order valence-corrected chi connectivity index (χ1v) is 47.8. The van der Waals surface area contributed by atoms with E-state index in [9.17, 15) is 33.6 Å². The van der Waals surface area contributed by atoms with Crippen LogP contribution < -0.4 is 65.5 Å². The highest BCUT2D eigenvalue weighted by molar-refractivity contribution is 6.02. The topological polar surface area (TPSA) is 361 Å². The van der Waals surface area contributed by atoms with Gasteiger partial charge in [0.2, 0.25) is 5.90 Å². The highest BCUT2D eigenvalue weighted by atomic mass is 16.5. The molecule has 3 saturated heterocycles. The molecule has 0 saturated carbocycles. The van der Waals surface area contributed by atoms with Gasteiger partial charge < -0.3 is 50.8 Å². The average Bonchev–Trinajstić information content (AvgIpc) is 1.57. The molecular formula is C103H129N25O9. The Morgan fingerprint density at radius 1 is 0.336 bits per heavy atom. The van der Waals surface area contributed by atoms with Gasteiger partial charge >= 0.3 is 0 Å². The van der Waals surface area contributed by atoms with Crippen molar-refractivity contribution in [3.63, 3.8) is 0 Å². The second-order valence-corrected chi connectivity index (χ2v) is 36.1. The Morgan fingerprint density at radius 3 is 1.13 bits per heavy atom. The largest absolute Gasteiger partial charge is 0.476 e. The van der Waals surface area contributed by atoms with Gasteiger partial charge in [-0.15, -0.1) is 0 Å². The summed E-state index contributed by atoms with van der Waals surface area (Å²) in [6.07, 6.45) is 12.1. The van der Waals surface area contributed by atoms with E-state index in [0.29, 0.717) is 57.3 Å². The molecule has 137 heavy (non-hydrogen) atoms. The van der Waals surface area contributed by atoms with Crippen LogP contribution in [0.25, 0.3) is 76.3 Å². The Labute approximate surface area is 795 Å². The molecule has 34 heteroatoms. The summed E-state index contributed by atoms with van der Waals surface area (Å²) in [6.45, 7) is 32.9. The van der Waals surface area contributed by atoms with Gasteiger partial charge in [-0.05, 0) is 267 Å². The number of nitrogens with one attached hydrogen (secondary N) is 5. The van der Waals surface area contributed by atoms with Gasteiger partial charge in [0, 0.05) is 154 Å². The lowest BCUT2D eigenvalue weighted by molar-refractivity contribution is 0.0378. The molecule has 720 valence electrons. The van der Waals surface area contributed by atoms with Crippen molar-refractivity contribution in [2.75, 3.05) is 165 Å². The summed E-state index contributed by atoms with van der Waals surface area (Å²) >= 11 is 0. The van der Waals surface area contributed by atoms with Crippen LogP contribution >= 0.6 is 0 Å². The van der Waals surface area contributed by atoms with Crippen LogP contribution in [-0.4, -0.2) is 236 Å². The minimum absolute atomic E-state index is 0.00392. The molecule has 14 heterocycles. The normalized spacial score (nSPS) is 15.1. The van der Waals surface area contributed by atoms with Crippen molar-refractivity contribution >= 4 is 116 Å². The summed E-state index contributed by atoms with van der Waals surface area (Å²) in [6, 6.07) is 36.4. The van der Waals surface area contributed by atoms with E-state index in [2.05, 4.69) is 91.1 Å². The molecule has 0 atom stereocenters. The summed E-state index contributed by atoms with van der Waals surface area (Å²) in [5.74, 6) is 6.74. The van der Waals surface area contributed by atoms with E-state index in [-0.39, 0.29) is 38.9 Å². The molecule has 0 spiro atoms. The Hall–Kier alpha value is -13.7. The second kappa shape index (κ2) is 44.4. The average molecular weight is 1860 g/mol. The molecule has 7 aliphatic rings. The van der Waals surface area contributed by atoms with Crippen molar-refractivity contribution in [3.8, 4) is 0 Å². The fourth-order valence-corrected chi connectivity index (χ4v) is 17.9. The monoisotopic (exact) mass is 1860 g/mol. The number of benzene rings is 7. The number of likely N-dealkylation sites (tertiary alicyclic amines) is 2. The SMILES string of the molecule is Cc1nc2c3c(ccc2c(=O)n1C)NCC3.Cc1nc2cc(C3=NCCN3C)ccc2c(=O)n1C.Cc1nc2cc(C3=NCCO3)ccc2c(=O)n1C.Cc1nc2cc(NCCCN3CCCC3)ccc2c(=O)n1C.Cc1nc2cc(NCCCN3CCCCC3)ccc2c(=O)n1C.Cc1nc2cc(NCCCN3CCOCC3)ccc2c(=O)n1C.Cc1nc2cc3c(cc2c(=O)n1C)CCN3. The van der Waals surface area contributed by atoms with Crippen molar-refractivity contribution < 1.29 is 9.47 Å². The number of aryl methyl sites for hydroxylation is 7. The molecule has 0 radical (unpaired) electrons. The third-order valence-electron chi connectivity index (χ3n) is 26.8. The maximum atomic E-state index is 12.2. The van der Waals surface area contributed by atoms with Crippen LogP contribution in [0.3, 0.4) is 0 Å². The third kappa shape index (κ3) is 23.0. The number of ether oxygens (including phenoxy) is 2. The van der Waals surface area contributed by atoms with E-state index in [4.69, 9.17) is 9.47 Å². The van der Waals surface area contributed by atoms with E-state index in [1.54, 1.807) is 87.4 Å². The molecule has 5 N–H and O–H groups in total. The maximum absolute atomic E-state index is 12.2. The van der Waals surface area contributed by atoms with Gasteiger partial charge in [-0.25, -0.2) is 39.9 Å². The number of hydrogen-bond donors (Lipinski definition) is 5. The number of hydrogen-bond acceptors (Lipinski definition) is 27. The molecule has 3 fully saturated rings. The molecule has 0 amide bonds. The number of amidine groups is 1. The van der Waals surface area contributed by atoms with Gasteiger partial charge in [-0.2, -0.15) is 0 Å². The Balaban J connectivity index is 0.000000122. The van der Waals surface area contributed by atoms with Crippen molar-refractivity contribution in [2.45, 2.75) is 113 Å². The van der Waals surface area contributed by atoms with E-state index in [1.165, 1.54) is 82.5 Å². The molecule has 21 rings (SSSR count). The number of piperidine rings is 1. The second-order valence-electron chi connectivity index (χ2n) is 36.1. The van der Waals surface area contributed by atoms with Crippen LogP contribution in [0.1, 0.15) is 114 Å². The lowest BCUT2D eigenvalue weighted by Crippen LogP contribution is -2.37. The van der Waals surface area contributed by atoms with Crippen LogP contribution in [0.2, 0.25) is 0 Å². The molecule has 0 bridgehead atoms. The zero-order valence-corrected chi connectivity index (χ0v) is 81.8. The molecule has 34 nitrogen and oxygen atoms in total. The van der Waals surface area contributed by atoms with Crippen molar-refractivity contribution in [3.05, 3.63) is 251 Å². The maximum Gasteiger partial charge on any atom is 0.261 e. The predicted octanol–water partition coefficient (Wildman–Crippen LogP) is 10.4. The van der Waals surface area contributed by atoms with Crippen molar-refractivity contribution in [1.82, 2.24) is 86.5 Å². The smallest absolute Gasteiger partial charge is 0.261 e. The number of morpholine rings is 1. The highest BCUT2D eigenvalue weighted by Gasteiger charge is 2.23. The molecular weight excluding hydrogens is 1730 g/mol. The molecule has 0 aliphatic carbocycles. The van der Waals surface area contributed by atoms with E-state index >= 15 is 0 Å². The highest BCUT2D eigenvalue weighted by Crippen LogP contribution is 2.30. The van der Waals surface area contributed by atoms with Gasteiger partial charge in [0.05, 0.1) is 103 Å². The first-order valence-electron chi connectivity index (χ1n) is 47.8. The Kier molecular flexibility index (Phi) is 31.7. The van der Waals surface area contributed by atoms with Crippen LogP contribution in [0.5, 0.6) is 0 Å². The van der Waals surface area contributed by atoms with Crippen LogP contribution in [-0.2, 0) is 71.6 Å². The third-order valence-corrected chi connectivity index (χ3v) is 26.8. The van der Waals surface area contributed by atoms with Crippen LogP contribution in [0.4, 0.5) is 28.4 Å². The number of likely N-dealkylation sites (N-methyl/N-ethyl adjacent to an activating group) is 1. The Morgan fingerprint density at radius 2 is 0.701 bits per heavy atom. The molecule has 0 unspecified atom stereocenters. The number of aliphatic imine (C=N–C) groups is 2. The van der Waals surface area contributed by atoms with E-state index in [1.807, 2.05) is 165 Å². The molecule has 7 aromatic heterocycles. The molecule has 7 aromatic carbocycles. The standard InChI is InChI=1S/C18H26N4O.C17H24N4O2.C17H24N4O.C14H16N4O.C13H13N3O2.2C12H13N3O/c1-14-20-17-13-15(7-8-16(17)18(23)21(14)2)19-9-6-12-22-10-4-3-5-11-22;1-13-19-16-12-14(4-5-15(16)17(22)20(13)2)18-6-3-7-21-8-10-23-11-9-21;1-13-19-16-12-14(6-7-15(16)17(22)20(13)2)18-8-5-11-21-9-3-4-10-21;1-9-16-12-8-10(13-15-6-7-17(13)2)4-5-11(12)14(19)18(9)3;1-8-15-11-7-9(12-14-5-6-18-12)3-4-10(11)13(17)16(8)2;1-7-14-11-6-10-8(3-4-13-10)5-9(11)12(16)15(7)2;1-7-14-11-8-5-6-13-10(8)4-3-9(11)12(16)15(7)2/h7-8,13,19H,3-6,9-12H2,1-2H3;4-5,12,18H,3,6-11H2,1-2H3;6-7,12,18H,3-5,8-11H2,1-2H3;4-5,8H,6-7H2,1-3H3;3-4,7H,5-6H2,1-2H3;5-6,13H,3-4H2,1-2H3;3-4,13H,5-6H2,1-2H3. The van der Waals surface area contributed by atoms with Gasteiger partial charge in [0.25, 0.3) is 38.9 Å². The number of rotatable bonds is 17. The van der Waals surface area contributed by atoms with Crippen molar-refractivity contribution in [2.24, 2.45) is 59.3 Å². The summed E-state index contributed by atoms with van der Waals surface area (Å²) in [5, 5.41) is 21.6. The quantitative estimate of drug-likeness (QED) is 0.0529. The van der Waals surface area contributed by atoms with E-state index < -0.39 is 0 Å². The molecule has 7 aliphatic heterocycles. The van der Waals surface area contributed by atoms with Gasteiger partial charge in [-0.1, -0.05) is 12.5 Å². The van der Waals surface area contributed by atoms with Crippen LogP contribution in [0, 0.1) is 48.5 Å². The van der Waals surface area contributed by atoms with E-state index in [0.717, 1.165) is 235 Å². The fraction of sp³-hybridized carbons (Fsp3) is 0.437. The van der Waals surface area contributed by atoms with Gasteiger partial charge in [-0.3, -0.25) is 75.4 Å².